The molecule has 9 aromatic rings. The lowest BCUT2D eigenvalue weighted by Crippen LogP contribution is -2.32. The van der Waals surface area contributed by atoms with E-state index < -0.39 is 5.41 Å². The van der Waals surface area contributed by atoms with Crippen molar-refractivity contribution >= 4 is 33.6 Å². The summed E-state index contributed by atoms with van der Waals surface area (Å²) >= 11 is 1.89. The smallest absolute Gasteiger partial charge is 0.235 e. The Morgan fingerprint density at radius 3 is 1.67 bits per heavy atom. The first-order valence-electron chi connectivity index (χ1n) is 17.3. The van der Waals surface area contributed by atoms with Crippen LogP contribution in [0.15, 0.2) is 186 Å². The summed E-state index contributed by atoms with van der Waals surface area (Å²) in [6, 6.07) is 63.4. The molecule has 0 saturated heterocycles. The minimum atomic E-state index is -0.439. The molecule has 51 heavy (non-hydrogen) atoms. The Kier molecular flexibility index (Phi) is 6.10. The Labute approximate surface area is 299 Å². The Bertz CT molecular complexity index is 2730. The zero-order chi connectivity index (χ0) is 33.5. The first-order valence-corrected chi connectivity index (χ1v) is 18.2. The second kappa shape index (κ2) is 10.9. The Hall–Kier alpha value is -6.23. The topological polar surface area (TPSA) is 30.7 Å². The molecule has 0 atom stereocenters. The monoisotopic (exact) mass is 667 g/mol. The fraction of sp³-hybridized carbons (Fsp3) is 0.0213. The number of hydrogen-bond acceptors (Lipinski definition) is 3. The molecule has 1 spiro atoms. The highest BCUT2D eigenvalue weighted by atomic mass is 32.2. The van der Waals surface area contributed by atoms with Gasteiger partial charge in [0.15, 0.2) is 0 Å². The molecule has 0 amide bonds. The van der Waals surface area contributed by atoms with Crippen molar-refractivity contribution in [3.05, 3.63) is 198 Å². The van der Waals surface area contributed by atoms with Gasteiger partial charge in [-0.3, -0.25) is 4.57 Å². The maximum absolute atomic E-state index is 5.30. The fourth-order valence-corrected chi connectivity index (χ4v) is 9.97. The molecule has 4 heteroatoms. The van der Waals surface area contributed by atoms with Crippen LogP contribution in [-0.2, 0) is 5.41 Å². The van der Waals surface area contributed by atoms with Gasteiger partial charge in [0, 0.05) is 31.7 Å². The zero-order valence-electron chi connectivity index (χ0n) is 27.5. The highest BCUT2D eigenvalue weighted by molar-refractivity contribution is 7.99. The van der Waals surface area contributed by atoms with Crippen LogP contribution in [0.4, 0.5) is 0 Å². The summed E-state index contributed by atoms with van der Waals surface area (Å²) < 4.78 is 2.27. The normalized spacial score (nSPS) is 13.6. The van der Waals surface area contributed by atoms with Gasteiger partial charge in [0.1, 0.15) is 0 Å². The average molecular weight is 668 g/mol. The van der Waals surface area contributed by atoms with E-state index in [-0.39, 0.29) is 0 Å². The summed E-state index contributed by atoms with van der Waals surface area (Å²) in [5.74, 6) is 0.661. The van der Waals surface area contributed by atoms with Gasteiger partial charge in [-0.25, -0.2) is 9.97 Å². The van der Waals surface area contributed by atoms with Crippen molar-refractivity contribution in [2.24, 2.45) is 0 Å². The van der Waals surface area contributed by atoms with Crippen molar-refractivity contribution < 1.29 is 0 Å². The van der Waals surface area contributed by atoms with Crippen molar-refractivity contribution in [3.8, 4) is 39.6 Å². The maximum Gasteiger partial charge on any atom is 0.235 e. The van der Waals surface area contributed by atoms with Crippen LogP contribution in [0.25, 0.3) is 61.4 Å². The van der Waals surface area contributed by atoms with Gasteiger partial charge in [-0.2, -0.15) is 0 Å². The second-order valence-electron chi connectivity index (χ2n) is 13.3. The Morgan fingerprint density at radius 2 is 1.00 bits per heavy atom. The van der Waals surface area contributed by atoms with E-state index in [1.165, 1.54) is 53.9 Å². The highest BCUT2D eigenvalue weighted by Gasteiger charge is 2.50. The van der Waals surface area contributed by atoms with Crippen molar-refractivity contribution in [2.75, 3.05) is 0 Å². The highest BCUT2D eigenvalue weighted by Crippen LogP contribution is 2.63. The summed E-state index contributed by atoms with van der Waals surface area (Å²) in [6.45, 7) is 0. The third-order valence-corrected chi connectivity index (χ3v) is 11.9. The van der Waals surface area contributed by atoms with Crippen molar-refractivity contribution in [3.63, 3.8) is 0 Å². The molecule has 2 aromatic heterocycles. The lowest BCUT2D eigenvalue weighted by molar-refractivity contribution is 0.726. The summed E-state index contributed by atoms with van der Waals surface area (Å²) in [5, 5.41) is 2.43. The quantitative estimate of drug-likeness (QED) is 0.188. The van der Waals surface area contributed by atoms with Crippen molar-refractivity contribution in [2.45, 2.75) is 15.2 Å². The van der Waals surface area contributed by atoms with Gasteiger partial charge in [0.25, 0.3) is 0 Å². The third kappa shape index (κ3) is 3.97. The van der Waals surface area contributed by atoms with Crippen LogP contribution in [0, 0.1) is 0 Å². The maximum atomic E-state index is 5.30. The SMILES string of the molecule is c1ccc(-c2cc(-c3ccccc3)nc(-n3c4ccccc4c4c5c(ccc43)C3(c4ccccc4S5)c4ccccc4-c4ccccc43)n2)cc1. The molecule has 238 valence electrons. The molecule has 0 radical (unpaired) electrons. The Balaban J connectivity index is 1.25. The molecule has 3 heterocycles. The van der Waals surface area contributed by atoms with Crippen LogP contribution in [0.3, 0.4) is 0 Å². The average Bonchev–Trinajstić information content (AvgIpc) is 3.70. The molecule has 3 nitrogen and oxygen atoms in total. The molecule has 0 fully saturated rings. The molecule has 0 unspecified atom stereocenters. The predicted molar refractivity (Wildman–Crippen MR) is 209 cm³/mol. The van der Waals surface area contributed by atoms with E-state index in [2.05, 4.69) is 168 Å². The largest absolute Gasteiger partial charge is 0.278 e. The van der Waals surface area contributed by atoms with Crippen molar-refractivity contribution in [1.29, 1.82) is 0 Å². The number of aromatic nitrogens is 3. The summed E-state index contributed by atoms with van der Waals surface area (Å²) in [7, 11) is 0. The van der Waals surface area contributed by atoms with Crippen LogP contribution in [0.1, 0.15) is 22.3 Å². The van der Waals surface area contributed by atoms with E-state index in [9.17, 15) is 0 Å². The van der Waals surface area contributed by atoms with E-state index in [4.69, 9.17) is 9.97 Å². The minimum Gasteiger partial charge on any atom is -0.278 e. The lowest BCUT2D eigenvalue weighted by atomic mass is 9.67. The van der Waals surface area contributed by atoms with Crippen LogP contribution < -0.4 is 0 Å². The number of fused-ring (bicyclic) bond motifs is 13. The van der Waals surface area contributed by atoms with Gasteiger partial charge < -0.3 is 0 Å². The zero-order valence-corrected chi connectivity index (χ0v) is 28.3. The van der Waals surface area contributed by atoms with E-state index in [0.29, 0.717) is 5.95 Å². The molecule has 1 aliphatic carbocycles. The van der Waals surface area contributed by atoms with E-state index in [0.717, 1.165) is 33.5 Å². The first kappa shape index (κ1) is 28.6. The molecule has 11 rings (SSSR count). The Morgan fingerprint density at radius 1 is 0.451 bits per heavy atom. The summed E-state index contributed by atoms with van der Waals surface area (Å²) in [5.41, 5.74) is 13.6. The second-order valence-corrected chi connectivity index (χ2v) is 14.4. The molecule has 1 aliphatic heterocycles. The minimum absolute atomic E-state index is 0.439. The molecule has 0 N–H and O–H groups in total. The standard InChI is InChI=1S/C47H29N3S/c1-3-15-30(16-4-1)39-29-40(31-17-5-2-6-18-31)49-46(48-39)50-41-25-13-9-21-34(41)44-42(50)28-27-38-45(44)51-43-26-14-12-24-37(43)47(38)35-22-10-7-19-32(35)33-20-8-11-23-36(33)47/h1-29H. The number of nitrogens with zero attached hydrogens (tertiary/aromatic N) is 3. The van der Waals surface area contributed by atoms with E-state index >= 15 is 0 Å². The molecular weight excluding hydrogens is 639 g/mol. The van der Waals surface area contributed by atoms with Gasteiger partial charge in [-0.1, -0.05) is 163 Å². The molecule has 2 aliphatic rings. The van der Waals surface area contributed by atoms with Crippen LogP contribution in [0.2, 0.25) is 0 Å². The van der Waals surface area contributed by atoms with Gasteiger partial charge in [-0.15, -0.1) is 0 Å². The van der Waals surface area contributed by atoms with Gasteiger partial charge in [-0.05, 0) is 57.6 Å². The van der Waals surface area contributed by atoms with Crippen LogP contribution >= 0.6 is 11.8 Å². The van der Waals surface area contributed by atoms with E-state index in [1.807, 2.05) is 23.9 Å². The number of rotatable bonds is 3. The number of para-hydroxylation sites is 1. The van der Waals surface area contributed by atoms with Gasteiger partial charge >= 0.3 is 0 Å². The summed E-state index contributed by atoms with van der Waals surface area (Å²) in [6.07, 6.45) is 0. The van der Waals surface area contributed by atoms with Gasteiger partial charge in [0.05, 0.1) is 27.8 Å². The first-order chi connectivity index (χ1) is 25.3. The number of benzene rings is 7. The summed E-state index contributed by atoms with van der Waals surface area (Å²) in [4.78, 5) is 13.2. The molecule has 0 bridgehead atoms. The van der Waals surface area contributed by atoms with E-state index in [1.54, 1.807) is 0 Å². The molecule has 7 aromatic carbocycles. The molecular formula is C47H29N3S. The third-order valence-electron chi connectivity index (χ3n) is 10.7. The number of hydrogen-bond donors (Lipinski definition) is 0. The predicted octanol–water partition coefficient (Wildman–Crippen LogP) is 11.7. The molecule has 0 saturated carbocycles. The van der Waals surface area contributed by atoms with Crippen molar-refractivity contribution in [1.82, 2.24) is 14.5 Å². The lowest BCUT2D eigenvalue weighted by Gasteiger charge is -2.40. The fourth-order valence-electron chi connectivity index (χ4n) is 8.63. The van der Waals surface area contributed by atoms with Crippen LogP contribution in [0.5, 0.6) is 0 Å². The van der Waals surface area contributed by atoms with Crippen LogP contribution in [-0.4, -0.2) is 14.5 Å². The van der Waals surface area contributed by atoms with Gasteiger partial charge in [0.2, 0.25) is 5.95 Å².